The van der Waals surface area contributed by atoms with Crippen LogP contribution in [0.2, 0.25) is 0 Å². The Kier molecular flexibility index (Phi) is 4.12. The van der Waals surface area contributed by atoms with Crippen molar-refractivity contribution in [1.29, 1.82) is 0 Å². The van der Waals surface area contributed by atoms with Crippen molar-refractivity contribution in [3.8, 4) is 0 Å². The first-order valence-electron chi connectivity index (χ1n) is 8.60. The maximum absolute atomic E-state index is 13.2. The van der Waals surface area contributed by atoms with E-state index in [0.717, 1.165) is 18.7 Å². The normalized spacial score (nSPS) is 29.5. The molecule has 126 valence electrons. The van der Waals surface area contributed by atoms with Gasteiger partial charge in [0.15, 0.2) is 0 Å². The standard InChI is InChI=1S/C19H23N3OS/c1-13-18(14-6-4-3-5-7-14)22(8-9-24-13)19(23)17-10-16(17)15-11-20-21(2)12-15/h3-7,11-13,16-18H,8-10H2,1-2H3. The molecule has 1 aromatic heterocycles. The highest BCUT2D eigenvalue weighted by Crippen LogP contribution is 2.50. The Hall–Kier alpha value is -1.75. The molecule has 1 amide bonds. The summed E-state index contributed by atoms with van der Waals surface area (Å²) < 4.78 is 1.82. The minimum atomic E-state index is 0.135. The van der Waals surface area contributed by atoms with Crippen molar-refractivity contribution in [2.75, 3.05) is 12.3 Å². The number of carbonyl (C=O) groups is 1. The van der Waals surface area contributed by atoms with E-state index in [-0.39, 0.29) is 12.0 Å². The summed E-state index contributed by atoms with van der Waals surface area (Å²) in [6.07, 6.45) is 4.91. The lowest BCUT2D eigenvalue weighted by Crippen LogP contribution is -2.44. The van der Waals surface area contributed by atoms with Crippen LogP contribution < -0.4 is 0 Å². The summed E-state index contributed by atoms with van der Waals surface area (Å²) in [4.78, 5) is 15.3. The fraction of sp³-hybridized carbons (Fsp3) is 0.474. The molecule has 5 heteroatoms. The molecular formula is C19H23N3OS. The van der Waals surface area contributed by atoms with E-state index in [0.29, 0.717) is 17.1 Å². The number of hydrogen-bond donors (Lipinski definition) is 0. The molecule has 2 aliphatic rings. The van der Waals surface area contributed by atoms with Crippen LogP contribution in [0.3, 0.4) is 0 Å². The molecule has 4 unspecified atom stereocenters. The third-order valence-electron chi connectivity index (χ3n) is 5.18. The monoisotopic (exact) mass is 341 g/mol. The second-order valence-electron chi connectivity index (χ2n) is 6.86. The first-order chi connectivity index (χ1) is 11.6. The van der Waals surface area contributed by atoms with Crippen molar-refractivity contribution >= 4 is 17.7 Å². The molecule has 2 aromatic rings. The van der Waals surface area contributed by atoms with Crippen molar-refractivity contribution < 1.29 is 4.79 Å². The highest BCUT2D eigenvalue weighted by atomic mass is 32.2. The lowest BCUT2D eigenvalue weighted by atomic mass is 10.0. The Bertz CT molecular complexity index is 729. The number of rotatable bonds is 3. The summed E-state index contributed by atoms with van der Waals surface area (Å²) in [5.41, 5.74) is 2.45. The first kappa shape index (κ1) is 15.8. The minimum Gasteiger partial charge on any atom is -0.333 e. The van der Waals surface area contributed by atoms with Crippen LogP contribution in [0, 0.1) is 5.92 Å². The fourth-order valence-corrected chi connectivity index (χ4v) is 5.01. The predicted molar refractivity (Wildman–Crippen MR) is 96.9 cm³/mol. The Labute approximate surface area is 147 Å². The molecule has 0 N–H and O–H groups in total. The van der Waals surface area contributed by atoms with Gasteiger partial charge in [-0.1, -0.05) is 37.3 Å². The van der Waals surface area contributed by atoms with E-state index >= 15 is 0 Å². The molecule has 0 bridgehead atoms. The largest absolute Gasteiger partial charge is 0.333 e. The molecule has 2 heterocycles. The van der Waals surface area contributed by atoms with Crippen molar-refractivity contribution in [3.05, 3.63) is 53.9 Å². The van der Waals surface area contributed by atoms with Crippen LogP contribution in [-0.2, 0) is 11.8 Å². The smallest absolute Gasteiger partial charge is 0.226 e. The fourth-order valence-electron chi connectivity index (χ4n) is 3.85. The lowest BCUT2D eigenvalue weighted by molar-refractivity contribution is -0.135. The molecule has 4 nitrogen and oxygen atoms in total. The maximum Gasteiger partial charge on any atom is 0.226 e. The van der Waals surface area contributed by atoms with Crippen LogP contribution in [0.25, 0.3) is 0 Å². The van der Waals surface area contributed by atoms with Crippen molar-refractivity contribution in [1.82, 2.24) is 14.7 Å². The van der Waals surface area contributed by atoms with Gasteiger partial charge in [-0.3, -0.25) is 9.48 Å². The van der Waals surface area contributed by atoms with Gasteiger partial charge in [0.2, 0.25) is 5.91 Å². The van der Waals surface area contributed by atoms with Crippen LogP contribution in [0.4, 0.5) is 0 Å². The van der Waals surface area contributed by atoms with Crippen LogP contribution in [-0.4, -0.2) is 38.1 Å². The number of aryl methyl sites for hydroxylation is 1. The second kappa shape index (κ2) is 6.28. The third-order valence-corrected chi connectivity index (χ3v) is 6.38. The van der Waals surface area contributed by atoms with E-state index in [2.05, 4.69) is 41.2 Å². The highest BCUT2D eigenvalue weighted by molar-refractivity contribution is 8.00. The number of thioether (sulfide) groups is 1. The number of aromatic nitrogens is 2. The summed E-state index contributed by atoms with van der Waals surface area (Å²) in [5, 5.41) is 4.68. The first-order valence-corrected chi connectivity index (χ1v) is 9.65. The molecule has 0 radical (unpaired) electrons. The third kappa shape index (κ3) is 2.86. The average molecular weight is 341 g/mol. The molecule has 1 aromatic carbocycles. The van der Waals surface area contributed by atoms with Gasteiger partial charge in [-0.15, -0.1) is 0 Å². The SMILES string of the molecule is CC1SCCN(C(=O)C2CC2c2cnn(C)c2)C1c1ccccc1. The van der Waals surface area contributed by atoms with Gasteiger partial charge < -0.3 is 4.90 Å². The Balaban J connectivity index is 1.54. The van der Waals surface area contributed by atoms with Crippen LogP contribution in [0.5, 0.6) is 0 Å². The van der Waals surface area contributed by atoms with Crippen molar-refractivity contribution in [2.45, 2.75) is 30.6 Å². The minimum absolute atomic E-state index is 0.135. The Morgan fingerprint density at radius 3 is 2.75 bits per heavy atom. The van der Waals surface area contributed by atoms with Gasteiger partial charge >= 0.3 is 0 Å². The summed E-state index contributed by atoms with van der Waals surface area (Å²) in [7, 11) is 1.93. The van der Waals surface area contributed by atoms with Gasteiger partial charge in [-0.05, 0) is 23.5 Å². The summed E-state index contributed by atoms with van der Waals surface area (Å²) in [5.74, 6) is 1.84. The molecule has 4 rings (SSSR count). The Morgan fingerprint density at radius 2 is 2.04 bits per heavy atom. The van der Waals surface area contributed by atoms with Crippen molar-refractivity contribution in [2.24, 2.45) is 13.0 Å². The van der Waals surface area contributed by atoms with Gasteiger partial charge in [0.05, 0.1) is 12.2 Å². The summed E-state index contributed by atoms with van der Waals surface area (Å²) in [6, 6.07) is 10.7. The Morgan fingerprint density at radius 1 is 1.25 bits per heavy atom. The van der Waals surface area contributed by atoms with E-state index in [1.807, 2.05) is 42.0 Å². The number of hydrogen-bond acceptors (Lipinski definition) is 3. The number of benzene rings is 1. The molecule has 4 atom stereocenters. The zero-order chi connectivity index (χ0) is 16.7. The topological polar surface area (TPSA) is 38.1 Å². The van der Waals surface area contributed by atoms with E-state index in [9.17, 15) is 4.79 Å². The number of amides is 1. The van der Waals surface area contributed by atoms with Crippen LogP contribution in [0.15, 0.2) is 42.7 Å². The average Bonchev–Trinajstić information content (AvgIpc) is 3.28. The number of carbonyl (C=O) groups excluding carboxylic acids is 1. The van der Waals surface area contributed by atoms with E-state index in [4.69, 9.17) is 0 Å². The van der Waals surface area contributed by atoms with E-state index < -0.39 is 0 Å². The molecule has 0 spiro atoms. The van der Waals surface area contributed by atoms with Crippen LogP contribution >= 0.6 is 11.8 Å². The maximum atomic E-state index is 13.2. The van der Waals surface area contributed by atoms with Gasteiger partial charge in [0.1, 0.15) is 0 Å². The lowest BCUT2D eigenvalue weighted by Gasteiger charge is -2.40. The predicted octanol–water partition coefficient (Wildman–Crippen LogP) is 3.23. The molecule has 1 aliphatic carbocycles. The molecule has 1 saturated carbocycles. The van der Waals surface area contributed by atoms with Crippen molar-refractivity contribution in [3.63, 3.8) is 0 Å². The van der Waals surface area contributed by atoms with Gasteiger partial charge in [-0.25, -0.2) is 0 Å². The van der Waals surface area contributed by atoms with Gasteiger partial charge in [0, 0.05) is 36.7 Å². The van der Waals surface area contributed by atoms with Gasteiger partial charge in [-0.2, -0.15) is 16.9 Å². The highest BCUT2D eigenvalue weighted by Gasteiger charge is 2.48. The molecule has 1 aliphatic heterocycles. The molecule has 2 fully saturated rings. The zero-order valence-corrected chi connectivity index (χ0v) is 14.9. The van der Waals surface area contributed by atoms with E-state index in [1.54, 1.807) is 0 Å². The second-order valence-corrected chi connectivity index (χ2v) is 8.34. The quantitative estimate of drug-likeness (QED) is 0.860. The number of nitrogens with zero attached hydrogens (tertiary/aromatic N) is 3. The molecular weight excluding hydrogens is 318 g/mol. The summed E-state index contributed by atoms with van der Waals surface area (Å²) in [6.45, 7) is 3.09. The molecule has 1 saturated heterocycles. The van der Waals surface area contributed by atoms with Gasteiger partial charge in [0.25, 0.3) is 0 Å². The molecule has 24 heavy (non-hydrogen) atoms. The summed E-state index contributed by atoms with van der Waals surface area (Å²) >= 11 is 1.97. The van der Waals surface area contributed by atoms with E-state index in [1.165, 1.54) is 11.1 Å². The van der Waals surface area contributed by atoms with Crippen LogP contribution in [0.1, 0.15) is 36.4 Å². The zero-order valence-electron chi connectivity index (χ0n) is 14.1.